The molecule has 2 amide bonds. The monoisotopic (exact) mass is 237 g/mol. The van der Waals surface area contributed by atoms with Crippen LogP contribution in [0.15, 0.2) is 5.11 Å². The average molecular weight is 237 g/mol. The maximum Gasteiger partial charge on any atom is 0.234 e. The maximum atomic E-state index is 11.9. The van der Waals surface area contributed by atoms with Crippen LogP contribution >= 0.6 is 0 Å². The second kappa shape index (κ2) is 4.73. The highest BCUT2D eigenvalue weighted by Crippen LogP contribution is 2.32. The quantitative estimate of drug-likeness (QED) is 0.303. The number of likely N-dealkylation sites (tertiary alicyclic amines) is 2. The van der Waals surface area contributed by atoms with Gasteiger partial charge in [-0.2, -0.15) is 0 Å². The normalized spacial score (nSPS) is 28.4. The first-order chi connectivity index (χ1) is 8.19. The van der Waals surface area contributed by atoms with Gasteiger partial charge < -0.3 is 4.90 Å². The van der Waals surface area contributed by atoms with Crippen molar-refractivity contribution in [2.45, 2.75) is 6.92 Å². The number of carbonyl (C=O) groups is 2. The number of hydrogen-bond acceptors (Lipinski definition) is 4. The van der Waals surface area contributed by atoms with E-state index < -0.39 is 0 Å². The Kier molecular flexibility index (Phi) is 3.31. The van der Waals surface area contributed by atoms with Crippen LogP contribution in [0.1, 0.15) is 6.92 Å². The van der Waals surface area contributed by atoms with Crippen LogP contribution in [-0.2, 0) is 9.59 Å². The fraction of sp³-hybridized carbons (Fsp3) is 0.800. The summed E-state index contributed by atoms with van der Waals surface area (Å²) in [6.07, 6.45) is 0. The molecule has 0 saturated carbocycles. The van der Waals surface area contributed by atoms with Gasteiger partial charge in [0.2, 0.25) is 11.8 Å². The van der Waals surface area contributed by atoms with E-state index in [4.69, 9.17) is 5.53 Å². The second-order valence-electron chi connectivity index (χ2n) is 4.35. The summed E-state index contributed by atoms with van der Waals surface area (Å²) in [5.74, 6) is -0.468. The molecule has 0 aromatic rings. The van der Waals surface area contributed by atoms with Gasteiger partial charge in [0.05, 0.1) is 11.8 Å². The highest BCUT2D eigenvalue weighted by molar-refractivity contribution is 6.05. The number of nitrogens with zero attached hydrogens (tertiary/aromatic N) is 5. The minimum absolute atomic E-state index is 0.0474. The molecule has 92 valence electrons. The van der Waals surface area contributed by atoms with Crippen LogP contribution in [0, 0.1) is 11.8 Å². The Bertz CT molecular complexity index is 366. The van der Waals surface area contributed by atoms with Crippen LogP contribution in [0.3, 0.4) is 0 Å². The number of fused-ring (bicyclic) bond motifs is 1. The predicted octanol–water partition coefficient (Wildman–Crippen LogP) is 0.233. The summed E-state index contributed by atoms with van der Waals surface area (Å²) in [5.41, 5.74) is 8.18. The van der Waals surface area contributed by atoms with E-state index in [1.54, 1.807) is 0 Å². The summed E-state index contributed by atoms with van der Waals surface area (Å²) in [5, 5.41) is 3.46. The fourth-order valence-corrected chi connectivity index (χ4v) is 2.62. The lowest BCUT2D eigenvalue weighted by Gasteiger charge is -2.18. The van der Waals surface area contributed by atoms with Crippen molar-refractivity contribution in [1.82, 2.24) is 9.80 Å². The zero-order chi connectivity index (χ0) is 12.4. The zero-order valence-corrected chi connectivity index (χ0v) is 9.74. The molecule has 2 fully saturated rings. The topological polar surface area (TPSA) is 89.4 Å². The van der Waals surface area contributed by atoms with Crippen molar-refractivity contribution in [1.29, 1.82) is 0 Å². The van der Waals surface area contributed by atoms with Gasteiger partial charge in [-0.05, 0) is 12.5 Å². The molecule has 0 bridgehead atoms. The summed E-state index contributed by atoms with van der Waals surface area (Å²) in [4.78, 5) is 29.8. The molecule has 0 aromatic heterocycles. The Labute approximate surface area is 99.0 Å². The highest BCUT2D eigenvalue weighted by Gasteiger charge is 2.51. The Morgan fingerprint density at radius 2 is 1.94 bits per heavy atom. The van der Waals surface area contributed by atoms with Crippen molar-refractivity contribution in [2.75, 3.05) is 32.7 Å². The summed E-state index contributed by atoms with van der Waals surface area (Å²) in [7, 11) is 0. The molecule has 2 rings (SSSR count). The lowest BCUT2D eigenvalue weighted by Crippen LogP contribution is -2.36. The summed E-state index contributed by atoms with van der Waals surface area (Å²) in [6, 6.07) is 0. The number of imide groups is 1. The van der Waals surface area contributed by atoms with Gasteiger partial charge in [0.1, 0.15) is 0 Å². The molecule has 2 aliphatic heterocycles. The van der Waals surface area contributed by atoms with Crippen LogP contribution in [-0.4, -0.2) is 54.3 Å². The van der Waals surface area contributed by atoms with E-state index in [0.717, 1.165) is 0 Å². The number of amides is 2. The standard InChI is InChI=1S/C10H15N5O2/c1-2-15-9(16)7-5-14(4-3-12-13-11)6-8(7)10(15)17/h7-8H,2-6H2,1H3/t7-,8-/m0/s1. The number of carbonyl (C=O) groups excluding carboxylic acids is 2. The van der Waals surface area contributed by atoms with Gasteiger partial charge >= 0.3 is 0 Å². The van der Waals surface area contributed by atoms with Gasteiger partial charge in [0.15, 0.2) is 0 Å². The third-order valence-electron chi connectivity index (χ3n) is 3.46. The Morgan fingerprint density at radius 3 is 2.41 bits per heavy atom. The SMILES string of the molecule is CCN1C(=O)[C@H]2CN(CCN=[N+]=[N-])C[C@@H]2C1=O. The van der Waals surface area contributed by atoms with E-state index in [2.05, 4.69) is 10.0 Å². The van der Waals surface area contributed by atoms with Gasteiger partial charge in [0.25, 0.3) is 0 Å². The zero-order valence-electron chi connectivity index (χ0n) is 9.74. The van der Waals surface area contributed by atoms with E-state index in [-0.39, 0.29) is 23.7 Å². The maximum absolute atomic E-state index is 11.9. The second-order valence-corrected chi connectivity index (χ2v) is 4.35. The molecule has 2 saturated heterocycles. The number of rotatable bonds is 4. The minimum atomic E-state index is -0.187. The fourth-order valence-electron chi connectivity index (χ4n) is 2.62. The molecular weight excluding hydrogens is 222 g/mol. The molecule has 2 aliphatic rings. The van der Waals surface area contributed by atoms with Gasteiger partial charge in [-0.1, -0.05) is 5.11 Å². The molecule has 0 aliphatic carbocycles. The Morgan fingerprint density at radius 1 is 1.35 bits per heavy atom. The van der Waals surface area contributed by atoms with Gasteiger partial charge in [-0.25, -0.2) is 0 Å². The molecule has 7 nitrogen and oxygen atoms in total. The van der Waals surface area contributed by atoms with Crippen LogP contribution < -0.4 is 0 Å². The molecule has 17 heavy (non-hydrogen) atoms. The van der Waals surface area contributed by atoms with E-state index in [0.29, 0.717) is 32.7 Å². The van der Waals surface area contributed by atoms with Crippen molar-refractivity contribution < 1.29 is 9.59 Å². The molecule has 7 heteroatoms. The summed E-state index contributed by atoms with van der Waals surface area (Å²) >= 11 is 0. The van der Waals surface area contributed by atoms with Gasteiger partial charge in [0, 0.05) is 37.6 Å². The van der Waals surface area contributed by atoms with Gasteiger partial charge in [-0.3, -0.25) is 14.5 Å². The van der Waals surface area contributed by atoms with Crippen molar-refractivity contribution in [3.63, 3.8) is 0 Å². The number of hydrogen-bond donors (Lipinski definition) is 0. The van der Waals surface area contributed by atoms with Crippen LogP contribution in [0.25, 0.3) is 10.4 Å². The Balaban J connectivity index is 1.97. The molecule has 0 unspecified atom stereocenters. The average Bonchev–Trinajstić information content (AvgIpc) is 2.81. The first kappa shape index (κ1) is 11.9. The molecule has 0 spiro atoms. The van der Waals surface area contributed by atoms with Crippen molar-refractivity contribution in [2.24, 2.45) is 17.0 Å². The largest absolute Gasteiger partial charge is 0.302 e. The first-order valence-electron chi connectivity index (χ1n) is 5.77. The lowest BCUT2D eigenvalue weighted by molar-refractivity contribution is -0.140. The number of azide groups is 1. The van der Waals surface area contributed by atoms with E-state index in [1.807, 2.05) is 11.8 Å². The minimum Gasteiger partial charge on any atom is -0.302 e. The molecule has 0 aromatic carbocycles. The molecule has 0 radical (unpaired) electrons. The van der Waals surface area contributed by atoms with Crippen LogP contribution in [0.2, 0.25) is 0 Å². The van der Waals surface area contributed by atoms with Crippen LogP contribution in [0.4, 0.5) is 0 Å². The third-order valence-corrected chi connectivity index (χ3v) is 3.46. The Hall–Kier alpha value is -1.59. The smallest absolute Gasteiger partial charge is 0.234 e. The van der Waals surface area contributed by atoms with Crippen molar-refractivity contribution in [3.05, 3.63) is 10.4 Å². The predicted molar refractivity (Wildman–Crippen MR) is 59.8 cm³/mol. The van der Waals surface area contributed by atoms with Crippen molar-refractivity contribution >= 4 is 11.8 Å². The highest BCUT2D eigenvalue weighted by atomic mass is 16.2. The molecule has 0 N–H and O–H groups in total. The van der Waals surface area contributed by atoms with E-state index in [1.165, 1.54) is 4.90 Å². The first-order valence-corrected chi connectivity index (χ1v) is 5.77. The summed E-state index contributed by atoms with van der Waals surface area (Å²) in [6.45, 7) is 4.48. The van der Waals surface area contributed by atoms with Gasteiger partial charge in [-0.15, -0.1) is 0 Å². The summed E-state index contributed by atoms with van der Waals surface area (Å²) < 4.78 is 0. The van der Waals surface area contributed by atoms with Crippen LogP contribution in [0.5, 0.6) is 0 Å². The van der Waals surface area contributed by atoms with E-state index >= 15 is 0 Å². The molecule has 2 heterocycles. The molecular formula is C10H15N5O2. The van der Waals surface area contributed by atoms with Crippen molar-refractivity contribution in [3.8, 4) is 0 Å². The third kappa shape index (κ3) is 1.99. The molecule has 2 atom stereocenters. The lowest BCUT2D eigenvalue weighted by atomic mass is 10.00. The van der Waals surface area contributed by atoms with E-state index in [9.17, 15) is 9.59 Å².